The van der Waals surface area contributed by atoms with Crippen molar-refractivity contribution < 1.29 is 14.5 Å². The van der Waals surface area contributed by atoms with Crippen molar-refractivity contribution in [1.82, 2.24) is 0 Å². The maximum absolute atomic E-state index is 13.1. The molecule has 216 valence electrons. The zero-order valence-electron chi connectivity index (χ0n) is 24.6. The van der Waals surface area contributed by atoms with Gasteiger partial charge in [0.05, 0.1) is 22.4 Å². The van der Waals surface area contributed by atoms with Gasteiger partial charge in [-0.15, -0.1) is 0 Å². The van der Waals surface area contributed by atoms with Crippen molar-refractivity contribution in [3.8, 4) is 0 Å². The molecule has 0 bridgehead atoms. The van der Waals surface area contributed by atoms with E-state index in [9.17, 15) is 19.7 Å². The van der Waals surface area contributed by atoms with E-state index in [1.807, 2.05) is 12.2 Å². The first kappa shape index (κ1) is 27.7. The Morgan fingerprint density at radius 3 is 2.39 bits per heavy atom. The van der Waals surface area contributed by atoms with E-state index in [1.54, 1.807) is 12.1 Å². The van der Waals surface area contributed by atoms with Crippen LogP contribution in [0.4, 0.5) is 17.1 Å². The summed E-state index contributed by atoms with van der Waals surface area (Å²) in [5.41, 5.74) is 5.03. The summed E-state index contributed by atoms with van der Waals surface area (Å²) in [6.45, 7) is 9.89. The fourth-order valence-corrected chi connectivity index (χ4v) is 8.53. The van der Waals surface area contributed by atoms with Crippen LogP contribution in [-0.2, 0) is 21.4 Å². The van der Waals surface area contributed by atoms with E-state index in [2.05, 4.69) is 51.2 Å². The van der Waals surface area contributed by atoms with E-state index < -0.39 is 4.92 Å². The van der Waals surface area contributed by atoms with Gasteiger partial charge in [0.25, 0.3) is 5.69 Å². The number of imide groups is 1. The minimum atomic E-state index is -0.415. The Balaban J connectivity index is 1.24. The summed E-state index contributed by atoms with van der Waals surface area (Å²) in [7, 11) is 0. The Labute approximate surface area is 242 Å². The Morgan fingerprint density at radius 1 is 1.02 bits per heavy atom. The second kappa shape index (κ2) is 10.1. The lowest BCUT2D eigenvalue weighted by atomic mass is 9.49. The smallest absolute Gasteiger partial charge is 0.294 e. The molecular weight excluding hydrogens is 514 g/mol. The second-order valence-corrected chi connectivity index (χ2v) is 13.6. The number of benzene rings is 2. The molecule has 7 nitrogen and oxygen atoms in total. The van der Waals surface area contributed by atoms with Gasteiger partial charge in [-0.05, 0) is 90.0 Å². The molecule has 2 amide bonds. The lowest BCUT2D eigenvalue weighted by Gasteiger charge is -2.55. The highest BCUT2D eigenvalue weighted by Crippen LogP contribution is 2.57. The largest absolute Gasteiger partial charge is 0.379 e. The van der Waals surface area contributed by atoms with Gasteiger partial charge in [0.2, 0.25) is 11.8 Å². The summed E-state index contributed by atoms with van der Waals surface area (Å²) in [5.74, 6) is -0.289. The number of aryl methyl sites for hydroxylation is 1. The maximum Gasteiger partial charge on any atom is 0.294 e. The molecule has 1 saturated heterocycles. The molecule has 3 aliphatic carbocycles. The van der Waals surface area contributed by atoms with Crippen molar-refractivity contribution in [2.45, 2.75) is 84.0 Å². The van der Waals surface area contributed by atoms with Crippen LogP contribution in [0.3, 0.4) is 0 Å². The first-order chi connectivity index (χ1) is 19.5. The van der Waals surface area contributed by atoms with Gasteiger partial charge in [0.1, 0.15) is 5.69 Å². The monoisotopic (exact) mass is 555 g/mol. The highest BCUT2D eigenvalue weighted by atomic mass is 16.6. The average Bonchev–Trinajstić information content (AvgIpc) is 3.21. The Bertz CT molecular complexity index is 1420. The molecule has 1 saturated carbocycles. The standard InChI is InChI=1S/C34H41N3O4/c1-21(2)22-10-13-27-23(18-22)11-15-30-33(3,16-7-17-34(27,30)4)20-35-28-14-12-24(19-29(28)37(40)41)36-31(38)25-8-5-6-9-26(25)32(36)39/h5-6,10,12-14,18-19,21,25-26,30,35H,7-9,11,15-17,20H2,1-4H3/t25-,26+,30-,33+,34+/m1/s1. The summed E-state index contributed by atoms with van der Waals surface area (Å²) in [5, 5.41) is 15.6. The lowest BCUT2D eigenvalue weighted by Crippen LogP contribution is -2.51. The predicted molar refractivity (Wildman–Crippen MR) is 161 cm³/mol. The van der Waals surface area contributed by atoms with E-state index in [0.29, 0.717) is 36.9 Å². The first-order valence-electron chi connectivity index (χ1n) is 15.2. The third-order valence-electron chi connectivity index (χ3n) is 10.8. The maximum atomic E-state index is 13.1. The van der Waals surface area contributed by atoms with Crippen molar-refractivity contribution in [3.05, 3.63) is 75.4 Å². The van der Waals surface area contributed by atoms with Crippen LogP contribution in [0, 0.1) is 33.3 Å². The van der Waals surface area contributed by atoms with Crippen LogP contribution in [0.25, 0.3) is 0 Å². The molecular formula is C34H41N3O4. The molecule has 1 N–H and O–H groups in total. The summed E-state index contributed by atoms with van der Waals surface area (Å²) < 4.78 is 0. The van der Waals surface area contributed by atoms with Crippen LogP contribution in [-0.4, -0.2) is 23.3 Å². The normalized spacial score (nSPS) is 30.7. The quantitative estimate of drug-likeness (QED) is 0.175. The fraction of sp³-hybridized carbons (Fsp3) is 0.529. The van der Waals surface area contributed by atoms with Crippen molar-refractivity contribution in [2.75, 3.05) is 16.8 Å². The number of carbonyl (C=O) groups excluding carboxylic acids is 2. The number of fused-ring (bicyclic) bond motifs is 4. The van der Waals surface area contributed by atoms with Crippen LogP contribution in [0.5, 0.6) is 0 Å². The summed E-state index contributed by atoms with van der Waals surface area (Å²) in [4.78, 5) is 39.1. The van der Waals surface area contributed by atoms with E-state index in [1.165, 1.54) is 22.8 Å². The number of hydrogen-bond donors (Lipinski definition) is 1. The molecule has 41 heavy (non-hydrogen) atoms. The van der Waals surface area contributed by atoms with Crippen LogP contribution in [0.1, 0.15) is 88.8 Å². The Kier molecular flexibility index (Phi) is 6.82. The summed E-state index contributed by atoms with van der Waals surface area (Å²) in [6.07, 6.45) is 10.5. The molecule has 2 fully saturated rings. The zero-order chi connectivity index (χ0) is 29.1. The van der Waals surface area contributed by atoms with E-state index in [0.717, 1.165) is 37.0 Å². The number of nitro benzene ring substituents is 1. The molecule has 1 aliphatic heterocycles. The molecule has 0 aromatic heterocycles. The molecule has 5 atom stereocenters. The van der Waals surface area contributed by atoms with Crippen molar-refractivity contribution in [2.24, 2.45) is 23.2 Å². The first-order valence-corrected chi connectivity index (χ1v) is 15.2. The van der Waals surface area contributed by atoms with Gasteiger partial charge in [-0.1, -0.05) is 64.5 Å². The Morgan fingerprint density at radius 2 is 1.73 bits per heavy atom. The molecule has 7 heteroatoms. The molecule has 0 unspecified atom stereocenters. The zero-order valence-corrected chi connectivity index (χ0v) is 24.6. The molecule has 0 spiro atoms. The highest BCUT2D eigenvalue weighted by Gasteiger charge is 2.52. The van der Waals surface area contributed by atoms with Gasteiger partial charge in [0.15, 0.2) is 0 Å². The number of rotatable bonds is 6. The minimum Gasteiger partial charge on any atom is -0.379 e. The fourth-order valence-electron chi connectivity index (χ4n) is 8.53. The average molecular weight is 556 g/mol. The summed E-state index contributed by atoms with van der Waals surface area (Å²) >= 11 is 0. The number of nitrogens with zero attached hydrogens (tertiary/aromatic N) is 2. The molecule has 0 radical (unpaired) electrons. The number of carbonyl (C=O) groups is 2. The number of nitro groups is 1. The predicted octanol–water partition coefficient (Wildman–Crippen LogP) is 7.30. The number of nitrogens with one attached hydrogen (secondary N) is 1. The molecule has 1 heterocycles. The van der Waals surface area contributed by atoms with Crippen LogP contribution in [0.2, 0.25) is 0 Å². The minimum absolute atomic E-state index is 0.0302. The topological polar surface area (TPSA) is 92.6 Å². The molecule has 4 aliphatic rings. The van der Waals surface area contributed by atoms with Crippen molar-refractivity contribution >= 4 is 28.9 Å². The second-order valence-electron chi connectivity index (χ2n) is 13.6. The lowest BCUT2D eigenvalue weighted by molar-refractivity contribution is -0.383. The van der Waals surface area contributed by atoms with Gasteiger partial charge < -0.3 is 5.32 Å². The van der Waals surface area contributed by atoms with Gasteiger partial charge in [-0.3, -0.25) is 19.7 Å². The number of hydrogen-bond acceptors (Lipinski definition) is 5. The van der Waals surface area contributed by atoms with E-state index in [4.69, 9.17) is 0 Å². The third-order valence-corrected chi connectivity index (χ3v) is 10.8. The SMILES string of the molecule is CC(C)c1ccc2c(c1)CC[C@@H]1[C@](C)(CNc3ccc(N4C(=O)[C@H]5CC=CC[C@H]5C4=O)cc3[N+](=O)[O-])CCC[C@@]21C. The molecule has 2 aromatic rings. The molecule has 6 rings (SSSR count). The number of amides is 2. The van der Waals surface area contributed by atoms with Gasteiger partial charge in [0, 0.05) is 12.6 Å². The van der Waals surface area contributed by atoms with Crippen molar-refractivity contribution in [3.63, 3.8) is 0 Å². The van der Waals surface area contributed by atoms with Crippen molar-refractivity contribution in [1.29, 1.82) is 0 Å². The van der Waals surface area contributed by atoms with Crippen LogP contribution >= 0.6 is 0 Å². The third kappa shape index (κ3) is 4.48. The number of allylic oxidation sites excluding steroid dienone is 2. The van der Waals surface area contributed by atoms with Gasteiger partial charge in [-0.25, -0.2) is 4.90 Å². The van der Waals surface area contributed by atoms with E-state index in [-0.39, 0.29) is 45.9 Å². The summed E-state index contributed by atoms with van der Waals surface area (Å²) in [6, 6.07) is 11.8. The van der Waals surface area contributed by atoms with Gasteiger partial charge in [-0.2, -0.15) is 0 Å². The molecule has 2 aromatic carbocycles. The highest BCUT2D eigenvalue weighted by molar-refractivity contribution is 6.22. The van der Waals surface area contributed by atoms with Crippen LogP contribution in [0.15, 0.2) is 48.6 Å². The van der Waals surface area contributed by atoms with Crippen LogP contribution < -0.4 is 10.2 Å². The number of anilines is 2. The van der Waals surface area contributed by atoms with Gasteiger partial charge >= 0.3 is 0 Å². The van der Waals surface area contributed by atoms with E-state index >= 15 is 0 Å². The Hall–Kier alpha value is -3.48.